The van der Waals surface area contributed by atoms with Crippen molar-refractivity contribution in [3.63, 3.8) is 0 Å². The second kappa shape index (κ2) is 4.83. The first kappa shape index (κ1) is 14.7. The van der Waals surface area contributed by atoms with Gasteiger partial charge >= 0.3 is 0 Å². The summed E-state index contributed by atoms with van der Waals surface area (Å²) in [6.07, 6.45) is 1.23. The number of benzene rings is 1. The predicted octanol–water partition coefficient (Wildman–Crippen LogP) is 4.66. The molecule has 2 nitrogen and oxygen atoms in total. The summed E-state index contributed by atoms with van der Waals surface area (Å²) >= 11 is 0. The van der Waals surface area contributed by atoms with Gasteiger partial charge < -0.3 is 4.90 Å². The molecular weight excluding hydrogens is 280 g/mol. The lowest BCUT2D eigenvalue weighted by Crippen LogP contribution is -2.58. The molecule has 2 heteroatoms. The van der Waals surface area contributed by atoms with Crippen molar-refractivity contribution in [2.75, 3.05) is 11.4 Å². The predicted molar refractivity (Wildman–Crippen MR) is 96.4 cm³/mol. The lowest BCUT2D eigenvalue weighted by atomic mass is 9.58. The standard InChI is InChI=1S/C21H26N2/c1-13-12-14(2)22-15(3)19(13)20-16(4)23-11-10-21(20,5)17-8-6-7-9-18(17)23/h6-9,12,16,20H,10-11H2,1-5H3/t16-,20?,21?/m1/s1. The Hall–Kier alpha value is -1.83. The molecule has 2 unspecified atom stereocenters. The molecule has 2 bridgehead atoms. The van der Waals surface area contributed by atoms with Crippen LogP contribution in [0.25, 0.3) is 0 Å². The highest BCUT2D eigenvalue weighted by Crippen LogP contribution is 2.56. The molecule has 0 N–H and O–H groups in total. The second-order valence-corrected chi connectivity index (χ2v) is 7.68. The summed E-state index contributed by atoms with van der Waals surface area (Å²) in [4.78, 5) is 7.41. The molecule has 0 spiro atoms. The molecule has 23 heavy (non-hydrogen) atoms. The number of piperidine rings is 1. The maximum atomic E-state index is 4.80. The summed E-state index contributed by atoms with van der Waals surface area (Å²) in [7, 11) is 0. The van der Waals surface area contributed by atoms with Gasteiger partial charge in [0.15, 0.2) is 0 Å². The fraction of sp³-hybridized carbons (Fsp3) is 0.476. The third-order valence-electron chi connectivity index (χ3n) is 6.26. The van der Waals surface area contributed by atoms with Gasteiger partial charge in [0.25, 0.3) is 0 Å². The summed E-state index contributed by atoms with van der Waals surface area (Å²) in [6.45, 7) is 12.6. The molecule has 1 fully saturated rings. The Morgan fingerprint density at radius 2 is 1.91 bits per heavy atom. The highest BCUT2D eigenvalue weighted by molar-refractivity contribution is 5.65. The Morgan fingerprint density at radius 1 is 1.17 bits per heavy atom. The van der Waals surface area contributed by atoms with Crippen LogP contribution in [-0.2, 0) is 5.41 Å². The van der Waals surface area contributed by atoms with Crippen LogP contribution in [0.1, 0.15) is 54.3 Å². The number of fused-ring (bicyclic) bond motifs is 2. The molecular formula is C21H26N2. The van der Waals surface area contributed by atoms with Gasteiger partial charge in [0.1, 0.15) is 0 Å². The number of anilines is 1. The lowest BCUT2D eigenvalue weighted by Gasteiger charge is -2.58. The van der Waals surface area contributed by atoms with Crippen molar-refractivity contribution in [2.45, 2.75) is 58.4 Å². The van der Waals surface area contributed by atoms with Gasteiger partial charge in [0.2, 0.25) is 0 Å². The zero-order chi connectivity index (χ0) is 16.4. The van der Waals surface area contributed by atoms with E-state index in [2.05, 4.69) is 69.9 Å². The fourth-order valence-corrected chi connectivity index (χ4v) is 5.34. The van der Waals surface area contributed by atoms with Crippen molar-refractivity contribution in [3.8, 4) is 0 Å². The molecule has 1 saturated heterocycles. The zero-order valence-corrected chi connectivity index (χ0v) is 14.9. The van der Waals surface area contributed by atoms with Crippen LogP contribution in [0.5, 0.6) is 0 Å². The molecule has 0 aliphatic carbocycles. The maximum absolute atomic E-state index is 4.80. The molecule has 120 valence electrons. The highest BCUT2D eigenvalue weighted by atomic mass is 15.2. The van der Waals surface area contributed by atoms with E-state index in [1.165, 1.54) is 41.0 Å². The van der Waals surface area contributed by atoms with Gasteiger partial charge in [-0.2, -0.15) is 0 Å². The van der Waals surface area contributed by atoms with E-state index in [1.807, 2.05) is 0 Å². The molecule has 3 aliphatic heterocycles. The van der Waals surface area contributed by atoms with Crippen molar-refractivity contribution < 1.29 is 0 Å². The third kappa shape index (κ3) is 1.90. The van der Waals surface area contributed by atoms with Gasteiger partial charge in [-0.05, 0) is 62.9 Å². The van der Waals surface area contributed by atoms with Crippen molar-refractivity contribution in [1.82, 2.24) is 4.98 Å². The lowest BCUT2D eigenvalue weighted by molar-refractivity contribution is 0.241. The van der Waals surface area contributed by atoms with Gasteiger partial charge in [-0.25, -0.2) is 0 Å². The molecule has 1 aromatic carbocycles. The maximum Gasteiger partial charge on any atom is 0.0414 e. The largest absolute Gasteiger partial charge is 0.368 e. The summed E-state index contributed by atoms with van der Waals surface area (Å²) in [5.74, 6) is 0.513. The minimum Gasteiger partial charge on any atom is -0.368 e. The summed E-state index contributed by atoms with van der Waals surface area (Å²) < 4.78 is 0. The van der Waals surface area contributed by atoms with Crippen LogP contribution >= 0.6 is 0 Å². The van der Waals surface area contributed by atoms with E-state index in [4.69, 9.17) is 4.98 Å². The summed E-state index contributed by atoms with van der Waals surface area (Å²) in [5, 5.41) is 0. The average Bonchev–Trinajstić information content (AvgIpc) is 2.49. The Kier molecular flexibility index (Phi) is 3.10. The van der Waals surface area contributed by atoms with Crippen molar-refractivity contribution in [3.05, 3.63) is 58.4 Å². The number of nitrogens with zero attached hydrogens (tertiary/aromatic N) is 2. The minimum absolute atomic E-state index is 0.206. The molecule has 3 atom stereocenters. The molecule has 5 rings (SSSR count). The van der Waals surface area contributed by atoms with Crippen LogP contribution in [-0.4, -0.2) is 17.6 Å². The first-order chi connectivity index (χ1) is 10.9. The number of hydrogen-bond donors (Lipinski definition) is 0. The first-order valence-corrected chi connectivity index (χ1v) is 8.74. The van der Waals surface area contributed by atoms with Gasteiger partial charge in [-0.1, -0.05) is 25.1 Å². The van der Waals surface area contributed by atoms with Gasteiger partial charge in [-0.3, -0.25) is 4.98 Å². The molecule has 0 saturated carbocycles. The van der Waals surface area contributed by atoms with E-state index in [9.17, 15) is 0 Å². The van der Waals surface area contributed by atoms with Gasteiger partial charge in [0.05, 0.1) is 0 Å². The minimum atomic E-state index is 0.206. The van der Waals surface area contributed by atoms with Crippen LogP contribution in [0.2, 0.25) is 0 Å². The normalized spacial score (nSPS) is 28.8. The van der Waals surface area contributed by atoms with Crippen molar-refractivity contribution >= 4 is 5.69 Å². The number of pyridine rings is 1. The smallest absolute Gasteiger partial charge is 0.0414 e. The molecule has 4 heterocycles. The Bertz CT molecular complexity index is 756. The molecule has 3 aliphatic rings. The Morgan fingerprint density at radius 3 is 2.65 bits per heavy atom. The van der Waals surface area contributed by atoms with Gasteiger partial charge in [-0.15, -0.1) is 0 Å². The van der Waals surface area contributed by atoms with Crippen LogP contribution in [0.4, 0.5) is 5.69 Å². The van der Waals surface area contributed by atoms with E-state index in [1.54, 1.807) is 0 Å². The fourth-order valence-electron chi connectivity index (χ4n) is 5.34. The van der Waals surface area contributed by atoms with Crippen molar-refractivity contribution in [1.29, 1.82) is 0 Å². The average molecular weight is 306 g/mol. The van der Waals surface area contributed by atoms with Crippen LogP contribution in [0.3, 0.4) is 0 Å². The third-order valence-corrected chi connectivity index (χ3v) is 6.26. The highest BCUT2D eigenvalue weighted by Gasteiger charge is 2.52. The van der Waals surface area contributed by atoms with Crippen LogP contribution in [0, 0.1) is 20.8 Å². The number of hydrogen-bond acceptors (Lipinski definition) is 2. The van der Waals surface area contributed by atoms with Gasteiger partial charge in [0, 0.05) is 41.0 Å². The summed E-state index contributed by atoms with van der Waals surface area (Å²) in [5.41, 5.74) is 8.39. The molecule has 1 aromatic heterocycles. The molecule has 0 radical (unpaired) electrons. The van der Waals surface area contributed by atoms with E-state index in [0.29, 0.717) is 12.0 Å². The Labute approximate surface area is 139 Å². The topological polar surface area (TPSA) is 16.1 Å². The van der Waals surface area contributed by atoms with Crippen LogP contribution < -0.4 is 4.90 Å². The number of rotatable bonds is 1. The Balaban J connectivity index is 1.95. The van der Waals surface area contributed by atoms with E-state index >= 15 is 0 Å². The summed E-state index contributed by atoms with van der Waals surface area (Å²) in [6, 6.07) is 11.8. The van der Waals surface area contributed by atoms with E-state index in [-0.39, 0.29) is 5.41 Å². The molecule has 0 amide bonds. The SMILES string of the molecule is Cc1cc(C)c(C2[C@@H](C)N3CCC2(C)c2ccccc23)c(C)n1. The van der Waals surface area contributed by atoms with E-state index in [0.717, 1.165) is 5.69 Å². The number of para-hydroxylation sites is 1. The van der Waals surface area contributed by atoms with Crippen molar-refractivity contribution in [2.24, 2.45) is 0 Å². The number of aryl methyl sites for hydroxylation is 3. The van der Waals surface area contributed by atoms with E-state index < -0.39 is 0 Å². The monoisotopic (exact) mass is 306 g/mol. The first-order valence-electron chi connectivity index (χ1n) is 8.74. The zero-order valence-electron chi connectivity index (χ0n) is 14.9. The quantitative estimate of drug-likeness (QED) is 0.761. The number of aromatic nitrogens is 1. The second-order valence-electron chi connectivity index (χ2n) is 7.68. The van der Waals surface area contributed by atoms with Crippen LogP contribution in [0.15, 0.2) is 30.3 Å². The molecule has 2 aromatic rings.